The Morgan fingerprint density at radius 3 is 2.22 bits per heavy atom. The van der Waals surface area contributed by atoms with Crippen LogP contribution in [-0.4, -0.2) is 5.84 Å². The van der Waals surface area contributed by atoms with Crippen LogP contribution in [0.5, 0.6) is 0 Å². The zero-order valence-electron chi connectivity index (χ0n) is 27.3. The van der Waals surface area contributed by atoms with Crippen molar-refractivity contribution in [1.82, 2.24) is 10.6 Å². The summed E-state index contributed by atoms with van der Waals surface area (Å²) in [6.45, 7) is 0. The third-order valence-corrected chi connectivity index (χ3v) is 11.3. The van der Waals surface area contributed by atoms with Crippen LogP contribution in [0.25, 0.3) is 75.2 Å². The molecule has 3 aromatic heterocycles. The van der Waals surface area contributed by atoms with Crippen LogP contribution in [0.15, 0.2) is 165 Å². The van der Waals surface area contributed by atoms with E-state index in [2.05, 4.69) is 138 Å². The van der Waals surface area contributed by atoms with Crippen LogP contribution in [0.4, 0.5) is 0 Å². The first kappa shape index (κ1) is 28.6. The van der Waals surface area contributed by atoms with Gasteiger partial charge in [0.2, 0.25) is 0 Å². The fourth-order valence-corrected chi connectivity index (χ4v) is 9.01. The lowest BCUT2D eigenvalue weighted by atomic mass is 9.98. The van der Waals surface area contributed by atoms with Gasteiger partial charge in [-0.3, -0.25) is 5.32 Å². The van der Waals surface area contributed by atoms with Crippen molar-refractivity contribution in [1.29, 1.82) is 0 Å². The van der Waals surface area contributed by atoms with Crippen LogP contribution in [0, 0.1) is 0 Å². The SMILES string of the molecule is c1ccc(C2N=C(c3cccc4c3oc3cc(-c5cccc6oc7ccccc7c56)ccc34)NC(c3cccc4sc5ccccc5c34)N2)cc1. The Kier molecular flexibility index (Phi) is 6.26. The van der Waals surface area contributed by atoms with Crippen molar-refractivity contribution in [2.45, 2.75) is 12.3 Å². The molecule has 5 nitrogen and oxygen atoms in total. The molecule has 0 aliphatic carbocycles. The summed E-state index contributed by atoms with van der Waals surface area (Å²) in [5.41, 5.74) is 8.85. The molecule has 2 unspecified atom stereocenters. The van der Waals surface area contributed by atoms with E-state index >= 15 is 0 Å². The number of aliphatic imine (C=N–C) groups is 1. The van der Waals surface area contributed by atoms with Crippen molar-refractivity contribution >= 4 is 81.2 Å². The lowest BCUT2D eigenvalue weighted by molar-refractivity contribution is 0.411. The molecule has 51 heavy (non-hydrogen) atoms. The highest BCUT2D eigenvalue weighted by molar-refractivity contribution is 7.25. The third kappa shape index (κ3) is 4.47. The molecule has 0 fully saturated rings. The number of nitrogens with zero attached hydrogens (tertiary/aromatic N) is 1. The molecule has 0 spiro atoms. The summed E-state index contributed by atoms with van der Waals surface area (Å²) >= 11 is 1.83. The van der Waals surface area contributed by atoms with E-state index < -0.39 is 0 Å². The minimum atomic E-state index is -0.260. The summed E-state index contributed by atoms with van der Waals surface area (Å²) in [6.07, 6.45) is -0.454. The van der Waals surface area contributed by atoms with E-state index in [1.807, 2.05) is 35.6 Å². The molecule has 242 valence electrons. The number of thiophene rings is 1. The van der Waals surface area contributed by atoms with Gasteiger partial charge in [-0.05, 0) is 64.7 Å². The quantitative estimate of drug-likeness (QED) is 0.195. The number of furan rings is 2. The second kappa shape index (κ2) is 11.2. The summed E-state index contributed by atoms with van der Waals surface area (Å²) in [7, 11) is 0. The van der Waals surface area contributed by atoms with E-state index in [0.29, 0.717) is 0 Å². The molecule has 0 bridgehead atoms. The molecule has 1 aliphatic rings. The minimum Gasteiger partial charge on any atom is -0.456 e. The predicted molar refractivity (Wildman–Crippen MR) is 210 cm³/mol. The number of para-hydroxylation sites is 2. The zero-order valence-corrected chi connectivity index (χ0v) is 28.1. The van der Waals surface area contributed by atoms with Gasteiger partial charge in [0.1, 0.15) is 40.5 Å². The molecule has 2 atom stereocenters. The van der Waals surface area contributed by atoms with Gasteiger partial charge in [0, 0.05) is 41.7 Å². The first-order valence-corrected chi connectivity index (χ1v) is 18.0. The smallest absolute Gasteiger partial charge is 0.146 e. The van der Waals surface area contributed by atoms with Crippen LogP contribution in [0.2, 0.25) is 0 Å². The van der Waals surface area contributed by atoms with Gasteiger partial charge in [0.15, 0.2) is 0 Å². The zero-order chi connectivity index (χ0) is 33.5. The largest absolute Gasteiger partial charge is 0.456 e. The molecule has 4 heterocycles. The van der Waals surface area contributed by atoms with E-state index in [1.165, 1.54) is 25.7 Å². The van der Waals surface area contributed by atoms with Gasteiger partial charge in [-0.2, -0.15) is 0 Å². The van der Waals surface area contributed by atoms with E-state index in [-0.39, 0.29) is 12.3 Å². The predicted octanol–water partition coefficient (Wildman–Crippen LogP) is 11.9. The third-order valence-electron chi connectivity index (χ3n) is 10.2. The molecule has 10 aromatic rings. The molecular formula is C45H29N3O2S. The van der Waals surface area contributed by atoms with E-state index in [0.717, 1.165) is 72.0 Å². The molecule has 0 amide bonds. The molecule has 7 aromatic carbocycles. The summed E-state index contributed by atoms with van der Waals surface area (Å²) in [5.74, 6) is 0.795. The van der Waals surface area contributed by atoms with E-state index in [9.17, 15) is 0 Å². The lowest BCUT2D eigenvalue weighted by Gasteiger charge is -2.32. The first-order valence-electron chi connectivity index (χ1n) is 17.2. The van der Waals surface area contributed by atoms with E-state index in [4.69, 9.17) is 13.8 Å². The number of nitrogens with one attached hydrogen (secondary N) is 2. The summed E-state index contributed by atoms with van der Waals surface area (Å²) in [6, 6.07) is 53.1. The highest BCUT2D eigenvalue weighted by Crippen LogP contribution is 2.41. The summed E-state index contributed by atoms with van der Waals surface area (Å²) in [5, 5.41) is 14.5. The highest BCUT2D eigenvalue weighted by Gasteiger charge is 2.29. The molecular weight excluding hydrogens is 647 g/mol. The molecule has 2 N–H and O–H groups in total. The van der Waals surface area contributed by atoms with E-state index in [1.54, 1.807) is 0 Å². The van der Waals surface area contributed by atoms with Gasteiger partial charge in [-0.1, -0.05) is 109 Å². The maximum Gasteiger partial charge on any atom is 0.146 e. The van der Waals surface area contributed by atoms with Crippen molar-refractivity contribution < 1.29 is 8.83 Å². The molecule has 0 saturated heterocycles. The Hall–Kier alpha value is -6.21. The van der Waals surface area contributed by atoms with Crippen LogP contribution in [0.1, 0.15) is 29.0 Å². The number of amidine groups is 1. The summed E-state index contributed by atoms with van der Waals surface area (Å²) < 4.78 is 15.6. The van der Waals surface area contributed by atoms with Crippen molar-refractivity contribution in [3.8, 4) is 11.1 Å². The first-order chi connectivity index (χ1) is 25.3. The van der Waals surface area contributed by atoms with Gasteiger partial charge >= 0.3 is 0 Å². The van der Waals surface area contributed by atoms with Gasteiger partial charge in [-0.15, -0.1) is 11.3 Å². The molecule has 0 saturated carbocycles. The van der Waals surface area contributed by atoms with Crippen LogP contribution >= 0.6 is 11.3 Å². The Bertz CT molecular complexity index is 3010. The van der Waals surface area contributed by atoms with Gasteiger partial charge in [0.05, 0.1) is 5.56 Å². The van der Waals surface area contributed by atoms with Crippen LogP contribution < -0.4 is 10.6 Å². The Morgan fingerprint density at radius 1 is 0.529 bits per heavy atom. The normalized spacial score (nSPS) is 16.4. The molecule has 6 heteroatoms. The summed E-state index contributed by atoms with van der Waals surface area (Å²) in [4.78, 5) is 5.30. The van der Waals surface area contributed by atoms with Gasteiger partial charge in [-0.25, -0.2) is 4.99 Å². The fourth-order valence-electron chi connectivity index (χ4n) is 7.87. The highest BCUT2D eigenvalue weighted by atomic mass is 32.1. The maximum atomic E-state index is 6.81. The maximum absolute atomic E-state index is 6.81. The Balaban J connectivity index is 1.07. The number of hydrogen-bond acceptors (Lipinski definition) is 6. The second-order valence-corrected chi connectivity index (χ2v) is 14.2. The van der Waals surface area contributed by atoms with Crippen molar-refractivity contribution in [3.63, 3.8) is 0 Å². The van der Waals surface area contributed by atoms with Crippen molar-refractivity contribution in [3.05, 3.63) is 168 Å². The number of benzene rings is 7. The Morgan fingerprint density at radius 2 is 1.27 bits per heavy atom. The fraction of sp³-hybridized carbons (Fsp3) is 0.0444. The van der Waals surface area contributed by atoms with Crippen molar-refractivity contribution in [2.24, 2.45) is 4.99 Å². The topological polar surface area (TPSA) is 62.7 Å². The second-order valence-electron chi connectivity index (χ2n) is 13.1. The van der Waals surface area contributed by atoms with Crippen molar-refractivity contribution in [2.75, 3.05) is 0 Å². The Labute approximate surface area is 296 Å². The van der Waals surface area contributed by atoms with Gasteiger partial charge in [0.25, 0.3) is 0 Å². The molecule has 1 aliphatic heterocycles. The molecule has 0 radical (unpaired) electrons. The monoisotopic (exact) mass is 675 g/mol. The van der Waals surface area contributed by atoms with Gasteiger partial charge < -0.3 is 14.2 Å². The number of rotatable bonds is 4. The standard InChI is InChI=1S/C45H29N3O2S/c1-2-11-26(12-3-1)43-46-44(33-17-10-22-39-41(33)32-14-5-7-21-38(32)51-39)48-45(47-43)34-18-8-16-30-29-24-23-27(25-37(29)50-42(30)34)28-15-9-20-36-40(28)31-13-4-6-19-35(31)49-36/h1-25,43-44,46H,(H,47,48). The average Bonchev–Trinajstić information content (AvgIpc) is 3.89. The number of fused-ring (bicyclic) bond motifs is 9. The minimum absolute atomic E-state index is 0.194. The van der Waals surface area contributed by atoms with Crippen LogP contribution in [0.3, 0.4) is 0 Å². The lowest BCUT2D eigenvalue weighted by Crippen LogP contribution is -2.45. The van der Waals surface area contributed by atoms with Crippen LogP contribution in [-0.2, 0) is 0 Å². The number of hydrogen-bond donors (Lipinski definition) is 2. The molecule has 11 rings (SSSR count). The average molecular weight is 676 g/mol.